The van der Waals surface area contributed by atoms with Crippen molar-refractivity contribution in [3.63, 3.8) is 0 Å². The van der Waals surface area contributed by atoms with E-state index in [1.54, 1.807) is 33.7 Å². The fraction of sp³-hybridized carbons (Fsp3) is 0.462. The summed E-state index contributed by atoms with van der Waals surface area (Å²) >= 11 is 6.45. The number of aryl methyl sites for hydroxylation is 1. The van der Waals surface area contributed by atoms with E-state index in [-0.39, 0.29) is 17.0 Å². The lowest BCUT2D eigenvalue weighted by molar-refractivity contribution is 0.0586. The molecule has 0 aliphatic carbocycles. The van der Waals surface area contributed by atoms with Crippen LogP contribution in [0.1, 0.15) is 59.3 Å². The highest BCUT2D eigenvalue weighted by Crippen LogP contribution is 2.25. The number of fused-ring (bicyclic) bond motifs is 1. The molecule has 4 heterocycles. The maximum atomic E-state index is 14.7. The highest BCUT2D eigenvalue weighted by molar-refractivity contribution is 6.30. The van der Waals surface area contributed by atoms with Crippen molar-refractivity contribution < 1.29 is 9.18 Å². The molecule has 5 rings (SSSR count). The van der Waals surface area contributed by atoms with E-state index in [9.17, 15) is 14.0 Å². The van der Waals surface area contributed by atoms with E-state index in [0.29, 0.717) is 36.2 Å². The molecular formula is C26H30ClFN4O2. The molecule has 34 heavy (non-hydrogen) atoms. The van der Waals surface area contributed by atoms with Crippen molar-refractivity contribution >= 4 is 23.0 Å². The molecule has 0 atom stereocenters. The van der Waals surface area contributed by atoms with Gasteiger partial charge < -0.3 is 14.8 Å². The standard InChI is InChI=1S/C26H30ClFN4O2/c1-17-13-23-25(33)29-16-20(32(23)24(17)27)14-18-5-6-22(28)21(15-18)26(34)31-11-7-19(8-12-31)30-9-3-2-4-10-30/h5-6,13,15-16,19H,2-4,7-12,14H2,1H3,(H,29,33). The topological polar surface area (TPSA) is 60.8 Å². The Kier molecular flexibility index (Phi) is 6.49. The van der Waals surface area contributed by atoms with Crippen LogP contribution < -0.4 is 5.56 Å². The molecule has 6 nitrogen and oxygen atoms in total. The van der Waals surface area contributed by atoms with Crippen LogP contribution in [-0.4, -0.2) is 57.3 Å². The van der Waals surface area contributed by atoms with Crippen molar-refractivity contribution in [3.05, 3.63) is 74.2 Å². The summed E-state index contributed by atoms with van der Waals surface area (Å²) in [7, 11) is 0. The molecule has 1 N–H and O–H groups in total. The number of halogens is 2. The molecule has 1 amide bonds. The van der Waals surface area contributed by atoms with Gasteiger partial charge in [0.2, 0.25) is 0 Å². The third-order valence-electron chi connectivity index (χ3n) is 7.31. The second kappa shape index (κ2) is 9.55. The Morgan fingerprint density at radius 2 is 1.85 bits per heavy atom. The minimum atomic E-state index is -0.506. The third kappa shape index (κ3) is 4.39. The van der Waals surface area contributed by atoms with Gasteiger partial charge in [-0.15, -0.1) is 0 Å². The molecule has 0 spiro atoms. The Balaban J connectivity index is 1.34. The van der Waals surface area contributed by atoms with Crippen molar-refractivity contribution in [2.75, 3.05) is 26.2 Å². The summed E-state index contributed by atoms with van der Waals surface area (Å²) in [5.41, 5.74) is 2.70. The number of hydrogen-bond donors (Lipinski definition) is 1. The van der Waals surface area contributed by atoms with E-state index < -0.39 is 5.82 Å². The number of amides is 1. The zero-order valence-electron chi connectivity index (χ0n) is 19.4. The van der Waals surface area contributed by atoms with E-state index in [2.05, 4.69) is 9.88 Å². The molecule has 2 fully saturated rings. The number of hydrogen-bond acceptors (Lipinski definition) is 3. The summed E-state index contributed by atoms with van der Waals surface area (Å²) in [6, 6.07) is 6.94. The highest BCUT2D eigenvalue weighted by Gasteiger charge is 2.29. The number of carbonyl (C=O) groups is 1. The van der Waals surface area contributed by atoms with Gasteiger partial charge in [0.25, 0.3) is 11.5 Å². The van der Waals surface area contributed by atoms with Gasteiger partial charge >= 0.3 is 0 Å². The van der Waals surface area contributed by atoms with Gasteiger partial charge in [-0.25, -0.2) is 4.39 Å². The molecule has 0 bridgehead atoms. The van der Waals surface area contributed by atoms with Crippen LogP contribution in [0, 0.1) is 12.7 Å². The van der Waals surface area contributed by atoms with Crippen LogP contribution in [-0.2, 0) is 6.42 Å². The van der Waals surface area contributed by atoms with Crippen LogP contribution in [0.4, 0.5) is 4.39 Å². The van der Waals surface area contributed by atoms with Crippen molar-refractivity contribution in [2.45, 2.75) is 51.5 Å². The van der Waals surface area contributed by atoms with Crippen LogP contribution in [0.5, 0.6) is 0 Å². The quantitative estimate of drug-likeness (QED) is 0.596. The SMILES string of the molecule is Cc1cc2c(=O)[nH]cc(Cc3ccc(F)c(C(=O)N4CCC(N5CCCCC5)CC4)c3)n2c1Cl. The van der Waals surface area contributed by atoms with Gasteiger partial charge in [-0.3, -0.25) is 14.0 Å². The van der Waals surface area contributed by atoms with E-state index in [1.807, 2.05) is 6.92 Å². The van der Waals surface area contributed by atoms with Crippen LogP contribution >= 0.6 is 11.6 Å². The minimum Gasteiger partial charge on any atom is -0.338 e. The zero-order valence-corrected chi connectivity index (χ0v) is 20.2. The monoisotopic (exact) mass is 484 g/mol. The molecule has 3 aromatic rings. The van der Waals surface area contributed by atoms with Crippen molar-refractivity contribution in [1.82, 2.24) is 19.2 Å². The summed E-state index contributed by atoms with van der Waals surface area (Å²) in [6.07, 6.45) is 7.72. The number of nitrogens with one attached hydrogen (secondary N) is 1. The minimum absolute atomic E-state index is 0.101. The number of carbonyl (C=O) groups excluding carboxylic acids is 1. The Hall–Kier alpha value is -2.64. The maximum Gasteiger partial charge on any atom is 0.272 e. The summed E-state index contributed by atoms with van der Waals surface area (Å²) in [4.78, 5) is 32.5. The molecule has 2 aliphatic rings. The first-order valence-corrected chi connectivity index (χ1v) is 12.5. The Morgan fingerprint density at radius 1 is 1.12 bits per heavy atom. The zero-order chi connectivity index (χ0) is 23.8. The summed E-state index contributed by atoms with van der Waals surface area (Å²) in [5.74, 6) is -0.758. The lowest BCUT2D eigenvalue weighted by Gasteiger charge is -2.40. The summed E-state index contributed by atoms with van der Waals surface area (Å²) in [5, 5.41) is 0.478. The van der Waals surface area contributed by atoms with Crippen LogP contribution in [0.15, 0.2) is 35.3 Å². The average Bonchev–Trinajstić information content (AvgIpc) is 3.17. The van der Waals surface area contributed by atoms with E-state index >= 15 is 0 Å². The van der Waals surface area contributed by atoms with Gasteiger partial charge in [-0.05, 0) is 75.0 Å². The molecule has 0 radical (unpaired) electrons. The van der Waals surface area contributed by atoms with Gasteiger partial charge in [-0.1, -0.05) is 24.1 Å². The molecule has 8 heteroatoms. The smallest absolute Gasteiger partial charge is 0.272 e. The van der Waals surface area contributed by atoms with E-state index in [4.69, 9.17) is 11.6 Å². The molecule has 1 aromatic carbocycles. The van der Waals surface area contributed by atoms with Gasteiger partial charge in [0, 0.05) is 37.4 Å². The second-order valence-corrected chi connectivity index (χ2v) is 9.92. The average molecular weight is 485 g/mol. The number of rotatable bonds is 4. The molecule has 2 aliphatic heterocycles. The second-order valence-electron chi connectivity index (χ2n) is 9.56. The predicted octanol–water partition coefficient (Wildman–Crippen LogP) is 4.41. The number of H-pyrrole nitrogens is 1. The van der Waals surface area contributed by atoms with Gasteiger partial charge in [0.15, 0.2) is 0 Å². The number of piperidine rings is 2. The fourth-order valence-corrected chi connectivity index (χ4v) is 5.67. The molecule has 2 aromatic heterocycles. The van der Waals surface area contributed by atoms with E-state index in [1.165, 1.54) is 25.3 Å². The van der Waals surface area contributed by atoms with Crippen molar-refractivity contribution in [1.29, 1.82) is 0 Å². The fourth-order valence-electron chi connectivity index (χ4n) is 5.42. The summed E-state index contributed by atoms with van der Waals surface area (Å²) < 4.78 is 16.4. The molecule has 2 saturated heterocycles. The largest absolute Gasteiger partial charge is 0.338 e. The van der Waals surface area contributed by atoms with Gasteiger partial charge in [-0.2, -0.15) is 0 Å². The lowest BCUT2D eigenvalue weighted by atomic mass is 9.98. The number of benzene rings is 1. The van der Waals surface area contributed by atoms with Crippen LogP contribution in [0.25, 0.3) is 5.52 Å². The molecule has 180 valence electrons. The number of aromatic amines is 1. The number of aromatic nitrogens is 2. The summed E-state index contributed by atoms with van der Waals surface area (Å²) in [6.45, 7) is 5.46. The number of likely N-dealkylation sites (tertiary alicyclic amines) is 2. The molecule has 0 unspecified atom stereocenters. The van der Waals surface area contributed by atoms with Gasteiger partial charge in [0.05, 0.1) is 5.56 Å². The molecule has 0 saturated carbocycles. The van der Waals surface area contributed by atoms with Gasteiger partial charge in [0.1, 0.15) is 16.5 Å². The lowest BCUT2D eigenvalue weighted by Crippen LogP contribution is -2.48. The van der Waals surface area contributed by atoms with E-state index in [0.717, 1.165) is 42.8 Å². The van der Waals surface area contributed by atoms with Crippen LogP contribution in [0.3, 0.4) is 0 Å². The first kappa shape index (κ1) is 23.1. The normalized spacial score (nSPS) is 18.0. The maximum absolute atomic E-state index is 14.7. The highest BCUT2D eigenvalue weighted by atomic mass is 35.5. The Labute approximate surface area is 203 Å². The van der Waals surface area contributed by atoms with Crippen LogP contribution in [0.2, 0.25) is 5.15 Å². The first-order chi connectivity index (χ1) is 16.4. The third-order valence-corrected chi connectivity index (χ3v) is 7.78. The first-order valence-electron chi connectivity index (χ1n) is 12.1. The Bertz CT molecular complexity index is 1270. The van der Waals surface area contributed by atoms with Crippen molar-refractivity contribution in [2.24, 2.45) is 0 Å². The van der Waals surface area contributed by atoms with Crippen molar-refractivity contribution in [3.8, 4) is 0 Å². The Morgan fingerprint density at radius 3 is 2.59 bits per heavy atom. The number of nitrogens with zero attached hydrogens (tertiary/aromatic N) is 3. The molecular weight excluding hydrogens is 455 g/mol. The predicted molar refractivity (Wildman–Crippen MR) is 131 cm³/mol.